The van der Waals surface area contributed by atoms with Crippen molar-refractivity contribution in [1.82, 2.24) is 4.90 Å². The molecule has 2 saturated heterocycles. The monoisotopic (exact) mass is 296 g/mol. The largest absolute Gasteiger partial charge is 0.465 e. The second-order valence-corrected chi connectivity index (χ2v) is 6.12. The van der Waals surface area contributed by atoms with Crippen molar-refractivity contribution in [2.75, 3.05) is 5.32 Å². The van der Waals surface area contributed by atoms with E-state index < -0.39 is 12.2 Å². The first kappa shape index (κ1) is 13.2. The van der Waals surface area contributed by atoms with Crippen molar-refractivity contribution in [2.45, 2.75) is 43.9 Å². The highest BCUT2D eigenvalue weighted by molar-refractivity contribution is 7.14. The Bertz CT molecular complexity index is 490. The summed E-state index contributed by atoms with van der Waals surface area (Å²) in [7, 11) is 0. The van der Waals surface area contributed by atoms with Gasteiger partial charge in [-0.2, -0.15) is 0 Å². The number of carbonyl (C=O) groups excluding carboxylic acids is 1. The highest BCUT2D eigenvalue weighted by atomic mass is 32.1. The van der Waals surface area contributed by atoms with Gasteiger partial charge in [0.2, 0.25) is 0 Å². The quantitative estimate of drug-likeness (QED) is 0.879. The summed E-state index contributed by atoms with van der Waals surface area (Å²) in [6.07, 6.45) is 1.41. The first-order valence-electron chi connectivity index (χ1n) is 6.66. The first-order valence-corrected chi connectivity index (χ1v) is 7.54. The van der Waals surface area contributed by atoms with E-state index in [-0.39, 0.29) is 18.2 Å². The summed E-state index contributed by atoms with van der Waals surface area (Å²) in [4.78, 5) is 24.5. The Morgan fingerprint density at radius 1 is 1.35 bits per heavy atom. The summed E-state index contributed by atoms with van der Waals surface area (Å²) in [5.41, 5.74) is 0. The van der Waals surface area contributed by atoms with Crippen LogP contribution < -0.4 is 5.32 Å². The van der Waals surface area contributed by atoms with E-state index in [1.165, 1.54) is 16.2 Å². The lowest BCUT2D eigenvalue weighted by Crippen LogP contribution is -2.48. The van der Waals surface area contributed by atoms with Gasteiger partial charge in [-0.25, -0.2) is 9.59 Å². The third kappa shape index (κ3) is 2.58. The Hall–Kier alpha value is -1.76. The highest BCUT2D eigenvalue weighted by Gasteiger charge is 2.44. The van der Waals surface area contributed by atoms with Crippen LogP contribution in [0.25, 0.3) is 0 Å². The van der Waals surface area contributed by atoms with E-state index in [4.69, 9.17) is 9.84 Å². The lowest BCUT2D eigenvalue weighted by atomic mass is 10.0. The summed E-state index contributed by atoms with van der Waals surface area (Å²) in [5, 5.41) is 14.5. The van der Waals surface area contributed by atoms with Crippen molar-refractivity contribution in [1.29, 1.82) is 0 Å². The fraction of sp³-hybridized carbons (Fsp3) is 0.538. The van der Waals surface area contributed by atoms with Gasteiger partial charge in [0.25, 0.3) is 0 Å². The fourth-order valence-electron chi connectivity index (χ4n) is 3.17. The maximum absolute atomic E-state index is 11.8. The minimum absolute atomic E-state index is 0.00853. The molecule has 7 heteroatoms. The SMILES string of the molecule is O=C(Nc1cccs1)OC1C[C@H]2CC[C@@H](C1)N2C(=O)O. The molecule has 3 rings (SSSR count). The van der Waals surface area contributed by atoms with Gasteiger partial charge in [0.05, 0.1) is 5.00 Å². The van der Waals surface area contributed by atoms with Crippen LogP contribution in [-0.4, -0.2) is 40.4 Å². The number of anilines is 1. The molecule has 2 aliphatic heterocycles. The Labute approximate surface area is 120 Å². The summed E-state index contributed by atoms with van der Waals surface area (Å²) in [6.45, 7) is 0. The molecule has 2 N–H and O–H groups in total. The van der Waals surface area contributed by atoms with Crippen LogP contribution in [0.5, 0.6) is 0 Å². The average molecular weight is 296 g/mol. The summed E-state index contributed by atoms with van der Waals surface area (Å²) < 4.78 is 5.41. The highest BCUT2D eigenvalue weighted by Crippen LogP contribution is 2.37. The van der Waals surface area contributed by atoms with Crippen molar-refractivity contribution in [3.8, 4) is 0 Å². The molecule has 108 valence electrons. The molecule has 6 nitrogen and oxygen atoms in total. The number of piperidine rings is 1. The second-order valence-electron chi connectivity index (χ2n) is 5.18. The number of thiophene rings is 1. The summed E-state index contributed by atoms with van der Waals surface area (Å²) in [6, 6.07) is 3.64. The van der Waals surface area contributed by atoms with Gasteiger partial charge in [-0.1, -0.05) is 0 Å². The van der Waals surface area contributed by atoms with Gasteiger partial charge in [-0.3, -0.25) is 5.32 Å². The zero-order valence-electron chi connectivity index (χ0n) is 10.8. The number of carbonyl (C=O) groups is 2. The molecule has 2 amide bonds. The maximum atomic E-state index is 11.8. The van der Waals surface area contributed by atoms with E-state index in [0.29, 0.717) is 12.8 Å². The van der Waals surface area contributed by atoms with E-state index in [0.717, 1.165) is 17.8 Å². The molecule has 1 unspecified atom stereocenters. The summed E-state index contributed by atoms with van der Waals surface area (Å²) in [5.74, 6) is 0. The van der Waals surface area contributed by atoms with Crippen LogP contribution in [0.4, 0.5) is 14.6 Å². The Morgan fingerprint density at radius 2 is 2.05 bits per heavy atom. The summed E-state index contributed by atoms with van der Waals surface area (Å²) >= 11 is 1.43. The van der Waals surface area contributed by atoms with Crippen LogP contribution in [-0.2, 0) is 4.74 Å². The fourth-order valence-corrected chi connectivity index (χ4v) is 3.77. The molecule has 1 aromatic rings. The lowest BCUT2D eigenvalue weighted by molar-refractivity contribution is 0.0274. The number of hydrogen-bond donors (Lipinski definition) is 2. The van der Waals surface area contributed by atoms with Gasteiger partial charge in [-0.15, -0.1) is 11.3 Å². The number of fused-ring (bicyclic) bond motifs is 2. The van der Waals surface area contributed by atoms with Crippen molar-refractivity contribution in [3.63, 3.8) is 0 Å². The Kier molecular flexibility index (Phi) is 3.52. The predicted octanol–water partition coefficient (Wildman–Crippen LogP) is 2.97. The van der Waals surface area contributed by atoms with Crippen LogP contribution in [0.1, 0.15) is 25.7 Å². The van der Waals surface area contributed by atoms with E-state index in [1.54, 1.807) is 0 Å². The molecule has 1 aromatic heterocycles. The normalized spacial score (nSPS) is 28.2. The van der Waals surface area contributed by atoms with Crippen molar-refractivity contribution >= 4 is 28.5 Å². The van der Waals surface area contributed by atoms with Crippen LogP contribution in [0.3, 0.4) is 0 Å². The Balaban J connectivity index is 1.55. The molecule has 2 aliphatic rings. The lowest BCUT2D eigenvalue weighted by Gasteiger charge is -2.36. The third-order valence-corrected chi connectivity index (χ3v) is 4.72. The van der Waals surface area contributed by atoms with Crippen LogP contribution in [0, 0.1) is 0 Å². The number of nitrogens with zero attached hydrogens (tertiary/aromatic N) is 1. The number of ether oxygens (including phenoxy) is 1. The van der Waals surface area contributed by atoms with Crippen LogP contribution in [0.15, 0.2) is 17.5 Å². The molecule has 0 saturated carbocycles. The Morgan fingerprint density at radius 3 is 2.60 bits per heavy atom. The molecular formula is C13H16N2O4S. The molecule has 2 bridgehead atoms. The predicted molar refractivity (Wildman–Crippen MR) is 74.1 cm³/mol. The van der Waals surface area contributed by atoms with Gasteiger partial charge in [-0.05, 0) is 30.4 Å². The second kappa shape index (κ2) is 5.32. The minimum atomic E-state index is -0.862. The topological polar surface area (TPSA) is 78.9 Å². The van der Waals surface area contributed by atoms with Gasteiger partial charge >= 0.3 is 12.2 Å². The van der Waals surface area contributed by atoms with Gasteiger partial charge < -0.3 is 14.7 Å². The van der Waals surface area contributed by atoms with E-state index in [2.05, 4.69) is 5.32 Å². The van der Waals surface area contributed by atoms with Crippen molar-refractivity contribution in [3.05, 3.63) is 17.5 Å². The number of rotatable bonds is 2. The molecule has 0 spiro atoms. The van der Waals surface area contributed by atoms with Crippen molar-refractivity contribution in [2.24, 2.45) is 0 Å². The van der Waals surface area contributed by atoms with Gasteiger partial charge in [0, 0.05) is 24.9 Å². The number of hydrogen-bond acceptors (Lipinski definition) is 4. The molecule has 0 radical (unpaired) electrons. The molecular weight excluding hydrogens is 280 g/mol. The van der Waals surface area contributed by atoms with Crippen LogP contribution in [0.2, 0.25) is 0 Å². The first-order chi connectivity index (χ1) is 9.63. The zero-order chi connectivity index (χ0) is 14.1. The zero-order valence-corrected chi connectivity index (χ0v) is 11.6. The third-order valence-electron chi connectivity index (χ3n) is 3.93. The molecule has 2 fully saturated rings. The van der Waals surface area contributed by atoms with Crippen LogP contribution >= 0.6 is 11.3 Å². The molecule has 20 heavy (non-hydrogen) atoms. The number of carboxylic acid groups (broad SMARTS) is 1. The number of nitrogens with one attached hydrogen (secondary N) is 1. The van der Waals surface area contributed by atoms with Gasteiger partial charge in [0.15, 0.2) is 0 Å². The molecule has 0 aromatic carbocycles. The van der Waals surface area contributed by atoms with E-state index in [9.17, 15) is 9.59 Å². The molecule has 3 atom stereocenters. The molecule has 0 aliphatic carbocycles. The van der Waals surface area contributed by atoms with E-state index in [1.807, 2.05) is 17.5 Å². The van der Waals surface area contributed by atoms with Crippen molar-refractivity contribution < 1.29 is 19.4 Å². The molecule has 3 heterocycles. The number of amides is 2. The van der Waals surface area contributed by atoms with Gasteiger partial charge in [0.1, 0.15) is 6.10 Å². The minimum Gasteiger partial charge on any atom is -0.465 e. The smallest absolute Gasteiger partial charge is 0.412 e. The standard InChI is InChI=1S/C13H16N2O4S/c16-12(14-11-2-1-5-20-11)19-10-6-8-3-4-9(7-10)15(8)13(17)18/h1-2,5,8-10H,3-4,6-7H2,(H,14,16)(H,17,18)/t8-,9+,10?. The average Bonchev–Trinajstić information content (AvgIpc) is 2.96. The van der Waals surface area contributed by atoms with E-state index >= 15 is 0 Å². The maximum Gasteiger partial charge on any atom is 0.412 e.